The fourth-order valence-electron chi connectivity index (χ4n) is 2.50. The van der Waals surface area contributed by atoms with Crippen molar-refractivity contribution < 1.29 is 0 Å². The molecule has 0 amide bonds. The van der Waals surface area contributed by atoms with Gasteiger partial charge in [0.25, 0.3) is 0 Å². The first kappa shape index (κ1) is 19.6. The van der Waals surface area contributed by atoms with Crippen molar-refractivity contribution in [2.24, 2.45) is 0 Å². The number of aromatic nitrogens is 2. The molecule has 0 spiro atoms. The topological polar surface area (TPSA) is 56.3 Å². The second-order valence-electron chi connectivity index (χ2n) is 6.01. The molecule has 0 aliphatic rings. The van der Waals surface area contributed by atoms with Gasteiger partial charge in [-0.2, -0.15) is 4.98 Å². The van der Waals surface area contributed by atoms with Crippen LogP contribution in [0.1, 0.15) is 32.4 Å². The first-order chi connectivity index (χ1) is 11.1. The second-order valence-corrected chi connectivity index (χ2v) is 6.01. The van der Waals surface area contributed by atoms with Crippen LogP contribution in [0.15, 0.2) is 6.07 Å². The Labute approximate surface area is 141 Å². The van der Waals surface area contributed by atoms with Gasteiger partial charge in [0.15, 0.2) is 0 Å². The summed E-state index contributed by atoms with van der Waals surface area (Å²) in [6, 6.07) is 2.07. The Morgan fingerprint density at radius 3 is 2.39 bits per heavy atom. The molecule has 0 aliphatic carbocycles. The van der Waals surface area contributed by atoms with E-state index >= 15 is 0 Å². The molecular weight excluding hydrogens is 288 g/mol. The minimum absolute atomic E-state index is 0.732. The van der Waals surface area contributed by atoms with Gasteiger partial charge in [-0.1, -0.05) is 13.8 Å². The Morgan fingerprint density at radius 2 is 1.74 bits per heavy atom. The zero-order chi connectivity index (χ0) is 17.1. The number of hydrogen-bond acceptors (Lipinski definition) is 6. The van der Waals surface area contributed by atoms with Gasteiger partial charge in [-0.15, -0.1) is 0 Å². The van der Waals surface area contributed by atoms with Gasteiger partial charge in [0.05, 0.1) is 0 Å². The van der Waals surface area contributed by atoms with Gasteiger partial charge >= 0.3 is 0 Å². The Balaban J connectivity index is 2.68. The molecule has 1 aromatic heterocycles. The highest BCUT2D eigenvalue weighted by Gasteiger charge is 2.10. The Morgan fingerprint density at radius 1 is 1.00 bits per heavy atom. The average molecular weight is 323 g/mol. The number of nitrogens with one attached hydrogen (secondary N) is 2. The number of anilines is 2. The molecule has 0 saturated heterocycles. The van der Waals surface area contributed by atoms with Crippen LogP contribution >= 0.6 is 0 Å². The van der Waals surface area contributed by atoms with Crippen molar-refractivity contribution in [3.05, 3.63) is 11.8 Å². The van der Waals surface area contributed by atoms with Crippen molar-refractivity contribution in [3.63, 3.8) is 0 Å². The molecule has 0 unspecified atom stereocenters. The highest BCUT2D eigenvalue weighted by molar-refractivity contribution is 5.44. The van der Waals surface area contributed by atoms with Gasteiger partial charge < -0.3 is 20.4 Å². The van der Waals surface area contributed by atoms with Crippen molar-refractivity contribution in [1.82, 2.24) is 20.2 Å². The molecular formula is C17H34N6. The quantitative estimate of drug-likeness (QED) is 0.614. The monoisotopic (exact) mass is 322 g/mol. The summed E-state index contributed by atoms with van der Waals surface area (Å²) in [5.74, 6) is 1.74. The van der Waals surface area contributed by atoms with Crippen molar-refractivity contribution in [2.45, 2.75) is 33.6 Å². The minimum Gasteiger partial charge on any atom is -0.355 e. The fraction of sp³-hybridized carbons (Fsp3) is 0.765. The van der Waals surface area contributed by atoms with Crippen LogP contribution in [0.3, 0.4) is 0 Å². The van der Waals surface area contributed by atoms with Crippen molar-refractivity contribution in [3.8, 4) is 0 Å². The molecule has 1 heterocycles. The number of rotatable bonds is 12. The first-order valence-corrected chi connectivity index (χ1v) is 8.78. The van der Waals surface area contributed by atoms with Gasteiger partial charge in [0.1, 0.15) is 5.82 Å². The van der Waals surface area contributed by atoms with E-state index in [1.165, 1.54) is 6.42 Å². The normalized spacial score (nSPS) is 11.0. The van der Waals surface area contributed by atoms with E-state index in [0.29, 0.717) is 0 Å². The maximum absolute atomic E-state index is 4.71. The van der Waals surface area contributed by atoms with Gasteiger partial charge in [0, 0.05) is 44.5 Å². The van der Waals surface area contributed by atoms with Crippen LogP contribution in [0.5, 0.6) is 0 Å². The third-order valence-corrected chi connectivity index (χ3v) is 3.67. The molecule has 1 rings (SSSR count). The number of likely N-dealkylation sites (N-methyl/N-ethyl adjacent to an activating group) is 2. The summed E-state index contributed by atoms with van der Waals surface area (Å²) in [5.41, 5.74) is 1.00. The maximum Gasteiger partial charge on any atom is 0.224 e. The molecule has 1 aromatic rings. The standard InChI is InChI=1S/C17H34N6/c1-6-10-22(5)12-9-19-17-20-15(3)14-16(21-17)23(11-7-2)13-8-18-4/h14,18H,6-13H2,1-5H3,(H,19,20,21). The Bertz CT molecular complexity index is 437. The molecule has 6 nitrogen and oxygen atoms in total. The van der Waals surface area contributed by atoms with Gasteiger partial charge in [-0.25, -0.2) is 4.98 Å². The summed E-state index contributed by atoms with van der Waals surface area (Å²) in [4.78, 5) is 13.9. The molecule has 0 saturated carbocycles. The molecule has 132 valence electrons. The number of hydrogen-bond donors (Lipinski definition) is 2. The van der Waals surface area contributed by atoms with E-state index in [2.05, 4.69) is 52.4 Å². The van der Waals surface area contributed by atoms with E-state index in [-0.39, 0.29) is 0 Å². The van der Waals surface area contributed by atoms with Crippen molar-refractivity contribution in [1.29, 1.82) is 0 Å². The Hall–Kier alpha value is -1.40. The number of aryl methyl sites for hydroxylation is 1. The van der Waals surface area contributed by atoms with E-state index in [1.807, 2.05) is 14.0 Å². The molecule has 0 fully saturated rings. The van der Waals surface area contributed by atoms with Crippen LogP contribution in [0.2, 0.25) is 0 Å². The molecule has 0 aliphatic heterocycles. The largest absolute Gasteiger partial charge is 0.355 e. The highest BCUT2D eigenvalue weighted by atomic mass is 15.2. The predicted molar refractivity (Wildman–Crippen MR) is 99.5 cm³/mol. The Kier molecular flexibility index (Phi) is 9.55. The molecule has 6 heteroatoms. The van der Waals surface area contributed by atoms with E-state index in [9.17, 15) is 0 Å². The van der Waals surface area contributed by atoms with Crippen molar-refractivity contribution in [2.75, 3.05) is 63.6 Å². The van der Waals surface area contributed by atoms with E-state index in [0.717, 1.165) is 63.1 Å². The first-order valence-electron chi connectivity index (χ1n) is 8.78. The molecule has 23 heavy (non-hydrogen) atoms. The lowest BCUT2D eigenvalue weighted by Gasteiger charge is -2.24. The van der Waals surface area contributed by atoms with Gasteiger partial charge in [-0.3, -0.25) is 0 Å². The molecule has 0 aromatic carbocycles. The minimum atomic E-state index is 0.732. The van der Waals surface area contributed by atoms with Gasteiger partial charge in [-0.05, 0) is 40.4 Å². The lowest BCUT2D eigenvalue weighted by Crippen LogP contribution is -2.32. The third kappa shape index (κ3) is 7.61. The van der Waals surface area contributed by atoms with Crippen LogP contribution in [-0.2, 0) is 0 Å². The SMILES string of the molecule is CCCN(C)CCNc1nc(C)cc(N(CCC)CCNC)n1. The molecule has 0 radical (unpaired) electrons. The smallest absolute Gasteiger partial charge is 0.224 e. The van der Waals surface area contributed by atoms with Crippen LogP contribution in [-0.4, -0.2) is 68.2 Å². The highest BCUT2D eigenvalue weighted by Crippen LogP contribution is 2.15. The molecule has 2 N–H and O–H groups in total. The summed E-state index contributed by atoms with van der Waals surface area (Å²) in [5, 5.41) is 6.57. The van der Waals surface area contributed by atoms with Crippen LogP contribution in [0.25, 0.3) is 0 Å². The van der Waals surface area contributed by atoms with Crippen LogP contribution in [0.4, 0.5) is 11.8 Å². The summed E-state index contributed by atoms with van der Waals surface area (Å²) >= 11 is 0. The fourth-order valence-corrected chi connectivity index (χ4v) is 2.50. The van der Waals surface area contributed by atoms with Crippen LogP contribution in [0, 0.1) is 6.92 Å². The summed E-state index contributed by atoms with van der Waals surface area (Å²) in [7, 11) is 4.13. The maximum atomic E-state index is 4.71. The molecule has 0 bridgehead atoms. The van der Waals surface area contributed by atoms with Crippen LogP contribution < -0.4 is 15.5 Å². The van der Waals surface area contributed by atoms with E-state index in [1.54, 1.807) is 0 Å². The summed E-state index contributed by atoms with van der Waals surface area (Å²) in [6.07, 6.45) is 2.29. The summed E-state index contributed by atoms with van der Waals surface area (Å²) < 4.78 is 0. The zero-order valence-corrected chi connectivity index (χ0v) is 15.5. The zero-order valence-electron chi connectivity index (χ0n) is 15.5. The third-order valence-electron chi connectivity index (χ3n) is 3.67. The lowest BCUT2D eigenvalue weighted by atomic mass is 10.3. The number of nitrogens with zero attached hydrogens (tertiary/aromatic N) is 4. The average Bonchev–Trinajstić information content (AvgIpc) is 2.51. The van der Waals surface area contributed by atoms with E-state index in [4.69, 9.17) is 4.98 Å². The van der Waals surface area contributed by atoms with E-state index < -0.39 is 0 Å². The summed E-state index contributed by atoms with van der Waals surface area (Å²) in [6.45, 7) is 12.3. The van der Waals surface area contributed by atoms with Gasteiger partial charge in [0.2, 0.25) is 5.95 Å². The lowest BCUT2D eigenvalue weighted by molar-refractivity contribution is 0.347. The predicted octanol–water partition coefficient (Wildman–Crippen LogP) is 1.97. The van der Waals surface area contributed by atoms with Crippen molar-refractivity contribution >= 4 is 11.8 Å². The second kappa shape index (κ2) is 11.2. The molecule has 0 atom stereocenters.